The molecule has 2 aliphatic heterocycles. The molecule has 2 saturated heterocycles. The quantitative estimate of drug-likeness (QED) is 0.332. The molecule has 0 radical (unpaired) electrons. The molecule has 0 aliphatic carbocycles. The lowest BCUT2D eigenvalue weighted by Crippen LogP contribution is -2.35. The first-order chi connectivity index (χ1) is 19.5. The monoisotopic (exact) mass is 562 g/mol. The van der Waals surface area contributed by atoms with Crippen molar-refractivity contribution in [3.63, 3.8) is 0 Å². The Balaban J connectivity index is 1.68. The van der Waals surface area contributed by atoms with E-state index in [4.69, 9.17) is 28.4 Å². The summed E-state index contributed by atoms with van der Waals surface area (Å²) in [7, 11) is 3.20. The number of ether oxygens (including phenoxy) is 6. The van der Waals surface area contributed by atoms with Crippen LogP contribution >= 0.6 is 0 Å². The molecule has 2 fully saturated rings. The van der Waals surface area contributed by atoms with Gasteiger partial charge < -0.3 is 33.5 Å². The Morgan fingerprint density at radius 2 is 1.12 bits per heavy atom. The third-order valence-electron chi connectivity index (χ3n) is 7.71. The van der Waals surface area contributed by atoms with Gasteiger partial charge in [-0.15, -0.1) is 0 Å². The second kappa shape index (κ2) is 11.4. The standard InChI is InChI=1S/C34H42O7/c1-22-9-8-10-25(15-22)34(35,26-16-23(11-13-28(26)36-6)30-38-18-32(2,3)19-39-30)27-17-24(12-14-29(27)37-7)31-40-20-33(4,5)21-41-31/h8-17,30-31,35H,18-21H2,1-7H3. The zero-order valence-electron chi connectivity index (χ0n) is 25.2. The normalized spacial score (nSPS) is 19.6. The van der Waals surface area contributed by atoms with Gasteiger partial charge in [-0.2, -0.15) is 0 Å². The average molecular weight is 563 g/mol. The molecule has 3 aromatic carbocycles. The van der Waals surface area contributed by atoms with Gasteiger partial charge in [0.15, 0.2) is 12.6 Å². The lowest BCUT2D eigenvalue weighted by atomic mass is 9.78. The summed E-state index contributed by atoms with van der Waals surface area (Å²) in [6.45, 7) is 12.7. The maximum absolute atomic E-state index is 13.1. The number of aryl methyl sites for hydroxylation is 1. The van der Waals surface area contributed by atoms with Crippen molar-refractivity contribution < 1.29 is 33.5 Å². The lowest BCUT2D eigenvalue weighted by Gasteiger charge is -2.37. The minimum atomic E-state index is -1.67. The Morgan fingerprint density at radius 3 is 1.51 bits per heavy atom. The van der Waals surface area contributed by atoms with E-state index in [1.165, 1.54) is 0 Å². The molecule has 1 N–H and O–H groups in total. The van der Waals surface area contributed by atoms with Crippen LogP contribution in [0.5, 0.6) is 11.5 Å². The second-order valence-corrected chi connectivity index (χ2v) is 12.7. The van der Waals surface area contributed by atoms with Crippen molar-refractivity contribution in [2.24, 2.45) is 10.8 Å². The van der Waals surface area contributed by atoms with Crippen LogP contribution in [0.4, 0.5) is 0 Å². The number of hydrogen-bond acceptors (Lipinski definition) is 7. The summed E-state index contributed by atoms with van der Waals surface area (Å²) in [6.07, 6.45) is -1.12. The summed E-state index contributed by atoms with van der Waals surface area (Å²) in [5, 5.41) is 13.1. The number of rotatable bonds is 7. The lowest BCUT2D eigenvalue weighted by molar-refractivity contribution is -0.226. The fraction of sp³-hybridized carbons (Fsp3) is 0.471. The first-order valence-corrected chi connectivity index (χ1v) is 14.1. The molecule has 0 spiro atoms. The second-order valence-electron chi connectivity index (χ2n) is 12.7. The Morgan fingerprint density at radius 1 is 0.683 bits per heavy atom. The molecule has 0 amide bonds. The van der Waals surface area contributed by atoms with Gasteiger partial charge in [0.25, 0.3) is 0 Å². The Bertz CT molecular complexity index is 1280. The van der Waals surface area contributed by atoms with Gasteiger partial charge in [0.2, 0.25) is 0 Å². The minimum absolute atomic E-state index is 0.0691. The molecule has 7 heteroatoms. The molecule has 7 nitrogen and oxygen atoms in total. The highest BCUT2D eigenvalue weighted by molar-refractivity contribution is 5.58. The topological polar surface area (TPSA) is 75.6 Å². The van der Waals surface area contributed by atoms with E-state index in [2.05, 4.69) is 27.7 Å². The first kappa shape index (κ1) is 29.5. The van der Waals surface area contributed by atoms with Crippen LogP contribution in [0.3, 0.4) is 0 Å². The van der Waals surface area contributed by atoms with E-state index in [1.807, 2.05) is 67.6 Å². The van der Waals surface area contributed by atoms with Crippen LogP contribution in [0, 0.1) is 17.8 Å². The summed E-state index contributed by atoms with van der Waals surface area (Å²) in [4.78, 5) is 0. The molecular weight excluding hydrogens is 520 g/mol. The third-order valence-corrected chi connectivity index (χ3v) is 7.71. The largest absolute Gasteiger partial charge is 0.496 e. The van der Waals surface area contributed by atoms with Gasteiger partial charge in [0.05, 0.1) is 40.6 Å². The molecule has 3 aromatic rings. The van der Waals surface area contributed by atoms with Crippen molar-refractivity contribution in [2.75, 3.05) is 40.6 Å². The molecule has 5 rings (SSSR count). The van der Waals surface area contributed by atoms with Crippen molar-refractivity contribution in [2.45, 2.75) is 52.8 Å². The number of methoxy groups -OCH3 is 2. The van der Waals surface area contributed by atoms with Gasteiger partial charge in [-0.25, -0.2) is 0 Å². The summed E-state index contributed by atoms with van der Waals surface area (Å²) < 4.78 is 36.1. The van der Waals surface area contributed by atoms with Crippen LogP contribution in [-0.2, 0) is 24.5 Å². The Hall–Kier alpha value is -2.94. The molecule has 2 aliphatic rings. The van der Waals surface area contributed by atoms with Crippen LogP contribution < -0.4 is 9.47 Å². The molecular formula is C34H42O7. The molecule has 2 heterocycles. The molecule has 0 aromatic heterocycles. The van der Waals surface area contributed by atoms with E-state index in [-0.39, 0.29) is 10.8 Å². The zero-order valence-corrected chi connectivity index (χ0v) is 25.2. The number of aliphatic hydroxyl groups is 1. The van der Waals surface area contributed by atoms with Gasteiger partial charge in [-0.05, 0) is 36.8 Å². The summed E-state index contributed by atoms with van der Waals surface area (Å²) in [6, 6.07) is 19.2. The van der Waals surface area contributed by atoms with Crippen molar-refractivity contribution in [1.82, 2.24) is 0 Å². The van der Waals surface area contributed by atoms with E-state index in [0.29, 0.717) is 54.6 Å². The zero-order chi connectivity index (χ0) is 29.4. The van der Waals surface area contributed by atoms with Gasteiger partial charge >= 0.3 is 0 Å². The molecule has 0 saturated carbocycles. The summed E-state index contributed by atoms with van der Waals surface area (Å²) in [5.74, 6) is 1.04. The van der Waals surface area contributed by atoms with Crippen LogP contribution in [0.2, 0.25) is 0 Å². The van der Waals surface area contributed by atoms with Crippen LogP contribution in [0.1, 0.15) is 73.7 Å². The highest BCUT2D eigenvalue weighted by atomic mass is 16.7. The molecule has 0 bridgehead atoms. The van der Waals surface area contributed by atoms with Crippen LogP contribution in [0.15, 0.2) is 60.7 Å². The highest BCUT2D eigenvalue weighted by Gasteiger charge is 2.41. The van der Waals surface area contributed by atoms with Crippen LogP contribution in [0.25, 0.3) is 0 Å². The van der Waals surface area contributed by atoms with Crippen molar-refractivity contribution in [1.29, 1.82) is 0 Å². The smallest absolute Gasteiger partial charge is 0.183 e. The minimum Gasteiger partial charge on any atom is -0.496 e. The Labute approximate surface area is 243 Å². The van der Waals surface area contributed by atoms with Gasteiger partial charge in [-0.1, -0.05) is 69.7 Å². The van der Waals surface area contributed by atoms with E-state index in [9.17, 15) is 5.11 Å². The summed E-state index contributed by atoms with van der Waals surface area (Å²) >= 11 is 0. The highest BCUT2D eigenvalue weighted by Crippen LogP contribution is 2.47. The molecule has 41 heavy (non-hydrogen) atoms. The van der Waals surface area contributed by atoms with Gasteiger partial charge in [0, 0.05) is 33.1 Å². The summed E-state index contributed by atoms with van der Waals surface area (Å²) in [5.41, 5.74) is 2.54. The molecule has 0 unspecified atom stereocenters. The predicted molar refractivity (Wildman–Crippen MR) is 156 cm³/mol. The van der Waals surface area contributed by atoms with Crippen molar-refractivity contribution in [3.8, 4) is 11.5 Å². The van der Waals surface area contributed by atoms with Crippen molar-refractivity contribution >= 4 is 0 Å². The number of benzene rings is 3. The molecule has 0 atom stereocenters. The average Bonchev–Trinajstić information content (AvgIpc) is 2.96. The SMILES string of the molecule is COc1ccc(C2OCC(C)(C)CO2)cc1C(O)(c1cccc(C)c1)c1cc(C2OCC(C)(C)CO2)ccc1OC. The van der Waals surface area contributed by atoms with Crippen molar-refractivity contribution in [3.05, 3.63) is 94.0 Å². The van der Waals surface area contributed by atoms with E-state index >= 15 is 0 Å². The van der Waals surface area contributed by atoms with Gasteiger partial charge in [-0.3, -0.25) is 0 Å². The van der Waals surface area contributed by atoms with Gasteiger partial charge in [0.1, 0.15) is 17.1 Å². The fourth-order valence-corrected chi connectivity index (χ4v) is 5.41. The Kier molecular flexibility index (Phi) is 8.21. The fourth-order valence-electron chi connectivity index (χ4n) is 5.41. The first-order valence-electron chi connectivity index (χ1n) is 14.1. The molecule has 220 valence electrons. The van der Waals surface area contributed by atoms with E-state index in [0.717, 1.165) is 16.7 Å². The third kappa shape index (κ3) is 6.01. The van der Waals surface area contributed by atoms with Crippen LogP contribution in [-0.4, -0.2) is 45.8 Å². The number of hydrogen-bond donors (Lipinski definition) is 1. The van der Waals surface area contributed by atoms with E-state index in [1.54, 1.807) is 14.2 Å². The maximum Gasteiger partial charge on any atom is 0.183 e. The maximum atomic E-state index is 13.1. The van der Waals surface area contributed by atoms with E-state index < -0.39 is 18.2 Å². The predicted octanol–water partition coefficient (Wildman–Crippen LogP) is 6.44.